The molecule has 1 aliphatic rings. The lowest BCUT2D eigenvalue weighted by Crippen LogP contribution is -2.46. The maximum atomic E-state index is 13.2. The summed E-state index contributed by atoms with van der Waals surface area (Å²) in [6, 6.07) is 0.307. The van der Waals surface area contributed by atoms with E-state index in [4.69, 9.17) is 43.6 Å². The molecule has 0 atom stereocenters. The molecule has 4 radical (unpaired) electrons. The third-order valence-corrected chi connectivity index (χ3v) is 7.71. The highest BCUT2D eigenvalue weighted by atomic mass is 35.5. The van der Waals surface area contributed by atoms with Crippen LogP contribution in [0.15, 0.2) is 26.7 Å². The Kier molecular flexibility index (Phi) is 7.60. The third kappa shape index (κ3) is 5.16. The molecule has 196 valence electrons. The minimum Gasteiger partial charge on any atom is -0.505 e. The van der Waals surface area contributed by atoms with E-state index in [0.717, 1.165) is 12.3 Å². The van der Waals surface area contributed by atoms with Gasteiger partial charge >= 0.3 is 5.69 Å². The number of aromatic nitrogens is 4. The Hall–Kier alpha value is -2.98. The number of pyridine rings is 1. The summed E-state index contributed by atoms with van der Waals surface area (Å²) >= 11 is 12.5. The molecule has 0 bridgehead atoms. The summed E-state index contributed by atoms with van der Waals surface area (Å²) in [6.07, 6.45) is -2.83. The molecule has 0 aliphatic heterocycles. The number of alkyl halides is 2. The topological polar surface area (TPSA) is 176 Å². The van der Waals surface area contributed by atoms with Crippen LogP contribution in [0.4, 0.5) is 8.78 Å². The summed E-state index contributed by atoms with van der Waals surface area (Å²) in [6.45, 7) is 0. The maximum Gasteiger partial charge on any atom is 0.349 e. The highest BCUT2D eigenvalue weighted by Gasteiger charge is 2.33. The van der Waals surface area contributed by atoms with E-state index < -0.39 is 94.5 Å². The van der Waals surface area contributed by atoms with Crippen LogP contribution in [0.25, 0.3) is 5.69 Å². The van der Waals surface area contributed by atoms with E-state index in [2.05, 4.69) is 14.8 Å². The number of nitrogens with one attached hydrogen (secondary N) is 2. The number of halogens is 4. The highest BCUT2D eigenvalue weighted by Crippen LogP contribution is 2.36. The average molecular weight is 586 g/mol. The van der Waals surface area contributed by atoms with Crippen molar-refractivity contribution in [1.82, 2.24) is 24.5 Å². The molecular weight excluding hydrogens is 573 g/mol. The van der Waals surface area contributed by atoms with Gasteiger partial charge in [-0.25, -0.2) is 31.7 Å². The quantitative estimate of drug-likeness (QED) is 0.265. The van der Waals surface area contributed by atoms with Gasteiger partial charge in [-0.3, -0.25) is 9.78 Å². The van der Waals surface area contributed by atoms with E-state index in [1.165, 1.54) is 0 Å². The van der Waals surface area contributed by atoms with Gasteiger partial charge in [0.15, 0.2) is 17.2 Å². The minimum absolute atomic E-state index is 0.191. The molecule has 3 aromatic rings. The predicted molar refractivity (Wildman–Crippen MR) is 132 cm³/mol. The van der Waals surface area contributed by atoms with E-state index in [-0.39, 0.29) is 17.5 Å². The number of benzene rings is 1. The first-order chi connectivity index (χ1) is 17.7. The number of nitrogens with zero attached hydrogens (tertiary/aromatic N) is 3. The second kappa shape index (κ2) is 10.3. The Labute approximate surface area is 224 Å². The molecule has 4 N–H and O–H groups in total. The number of aliphatic hydroxyl groups is 1. The van der Waals surface area contributed by atoms with Gasteiger partial charge in [-0.05, 0) is 23.8 Å². The van der Waals surface area contributed by atoms with E-state index in [9.17, 15) is 37.0 Å². The first-order valence-electron chi connectivity index (χ1n) is 10.4. The Balaban J connectivity index is 1.75. The number of aromatic hydroxyl groups is 1. The summed E-state index contributed by atoms with van der Waals surface area (Å²) in [7, 11) is 7.66. The molecule has 2 aromatic heterocycles. The molecule has 19 heteroatoms. The summed E-state index contributed by atoms with van der Waals surface area (Å²) in [5.41, 5.74) is -5.60. The predicted octanol–water partition coefficient (Wildman–Crippen LogP) is -0.553. The lowest BCUT2D eigenvalue weighted by molar-refractivity contribution is 0.0712. The van der Waals surface area contributed by atoms with Crippen molar-refractivity contribution in [3.63, 3.8) is 0 Å². The Bertz CT molecular complexity index is 1640. The molecule has 0 unspecified atom stereocenters. The summed E-state index contributed by atoms with van der Waals surface area (Å²) in [5.74, 6) is -1.61. The fourth-order valence-electron chi connectivity index (χ4n) is 3.47. The van der Waals surface area contributed by atoms with E-state index in [0.29, 0.717) is 0 Å². The van der Waals surface area contributed by atoms with Gasteiger partial charge in [0, 0.05) is 12.1 Å². The average Bonchev–Trinajstić information content (AvgIpc) is 2.81. The number of hydrogen-bond acceptors (Lipinski definition) is 9. The molecule has 12 nitrogen and oxygen atoms in total. The molecule has 1 aliphatic carbocycles. The number of aromatic amines is 1. The number of ether oxygens (including phenoxy) is 1. The summed E-state index contributed by atoms with van der Waals surface area (Å²) in [5, 5.41) is 21.7. The Morgan fingerprint density at radius 3 is 2.37 bits per heavy atom. The van der Waals surface area contributed by atoms with Gasteiger partial charge in [-0.1, -0.05) is 23.2 Å². The van der Waals surface area contributed by atoms with Gasteiger partial charge in [-0.15, -0.1) is 0 Å². The maximum absolute atomic E-state index is 13.2. The minimum atomic E-state index is -4.27. The smallest absolute Gasteiger partial charge is 0.349 e. The second-order valence-corrected chi connectivity index (χ2v) is 10.5. The zero-order chi connectivity index (χ0) is 28.1. The van der Waals surface area contributed by atoms with Crippen LogP contribution in [0, 0.1) is 0 Å². The lowest BCUT2D eigenvalue weighted by atomic mass is 9.84. The van der Waals surface area contributed by atoms with E-state index in [1.54, 1.807) is 4.98 Å². The lowest BCUT2D eigenvalue weighted by Gasteiger charge is -2.31. The van der Waals surface area contributed by atoms with Gasteiger partial charge in [-0.2, -0.15) is 9.78 Å². The number of sulfonamides is 1. The Morgan fingerprint density at radius 2 is 1.82 bits per heavy atom. The molecule has 1 saturated carbocycles. The fraction of sp³-hybridized carbons (Fsp3) is 0.263. The van der Waals surface area contributed by atoms with E-state index in [1.807, 2.05) is 0 Å². The van der Waals surface area contributed by atoms with Gasteiger partial charge in [0.2, 0.25) is 15.9 Å². The molecule has 0 spiro atoms. The van der Waals surface area contributed by atoms with Crippen LogP contribution in [0.1, 0.15) is 25.0 Å². The normalized spacial score (nSPS) is 17.4. The SMILES string of the molecule is [B]c1c(Cl)c(Oc2cc(S(=O)(=O)NC3CC(O)C3)c(O)cn2)c(Cl)c([B])c1-n1nc(C(F)F)c(=O)[nH]c1=O. The summed E-state index contributed by atoms with van der Waals surface area (Å²) < 4.78 is 59.8. The highest BCUT2D eigenvalue weighted by molar-refractivity contribution is 7.89. The number of hydrogen-bond donors (Lipinski definition) is 4. The zero-order valence-corrected chi connectivity index (χ0v) is 21.0. The fourth-order valence-corrected chi connectivity index (χ4v) is 5.31. The molecule has 0 saturated heterocycles. The van der Waals surface area contributed by atoms with Crippen molar-refractivity contribution in [2.45, 2.75) is 36.3 Å². The van der Waals surface area contributed by atoms with Crippen molar-refractivity contribution < 1.29 is 32.1 Å². The number of rotatable bonds is 7. The molecule has 38 heavy (non-hydrogen) atoms. The van der Waals surface area contributed by atoms with Crippen LogP contribution in [0.2, 0.25) is 10.0 Å². The molecule has 1 fully saturated rings. The molecular formula is C19H13B2Cl2F2N5O7S. The monoisotopic (exact) mass is 585 g/mol. The van der Waals surface area contributed by atoms with Gasteiger partial charge < -0.3 is 14.9 Å². The molecule has 1 aromatic carbocycles. The van der Waals surface area contributed by atoms with Crippen molar-refractivity contribution in [2.24, 2.45) is 0 Å². The van der Waals surface area contributed by atoms with Gasteiger partial charge in [0.05, 0.1) is 28.0 Å². The first kappa shape index (κ1) is 28.0. The molecule has 0 amide bonds. The van der Waals surface area contributed by atoms with Crippen LogP contribution >= 0.6 is 23.2 Å². The van der Waals surface area contributed by atoms with Gasteiger partial charge in [0.1, 0.15) is 20.6 Å². The van der Waals surface area contributed by atoms with E-state index >= 15 is 0 Å². The van der Waals surface area contributed by atoms with Crippen molar-refractivity contribution >= 4 is 59.8 Å². The number of aliphatic hydroxyl groups excluding tert-OH is 1. The van der Waals surface area contributed by atoms with Crippen LogP contribution in [-0.2, 0) is 10.0 Å². The van der Waals surface area contributed by atoms with Crippen LogP contribution in [0.5, 0.6) is 17.4 Å². The van der Waals surface area contributed by atoms with Crippen molar-refractivity contribution in [3.8, 4) is 23.1 Å². The van der Waals surface area contributed by atoms with Gasteiger partial charge in [0.25, 0.3) is 12.0 Å². The Morgan fingerprint density at radius 1 is 1.21 bits per heavy atom. The summed E-state index contributed by atoms with van der Waals surface area (Å²) in [4.78, 5) is 28.7. The zero-order valence-electron chi connectivity index (χ0n) is 18.7. The standard InChI is InChI=1S/C19H13B2Cl2F2N5O7S/c20-10-12(22)16(13(23)11(21)15(10)30-19(34)27-18(33)14(28-30)17(24)25)37-9-3-8(7(32)4-26-9)38(35,36)29-5-1-6(31)2-5/h3-6,17,29,31-32H,1-2H2,(H,27,33,34). The first-order valence-corrected chi connectivity index (χ1v) is 12.6. The second-order valence-electron chi connectivity index (χ2n) is 8.03. The van der Waals surface area contributed by atoms with Crippen molar-refractivity contribution in [2.75, 3.05) is 0 Å². The third-order valence-electron chi connectivity index (χ3n) is 5.41. The largest absolute Gasteiger partial charge is 0.505 e. The van der Waals surface area contributed by atoms with Crippen LogP contribution < -0.4 is 31.6 Å². The molecule has 2 heterocycles. The molecule has 4 rings (SSSR count). The van der Waals surface area contributed by atoms with Crippen LogP contribution in [0.3, 0.4) is 0 Å². The van der Waals surface area contributed by atoms with Crippen molar-refractivity contribution in [3.05, 3.63) is 48.8 Å². The van der Waals surface area contributed by atoms with Crippen LogP contribution in [-0.4, -0.2) is 66.2 Å². The van der Waals surface area contributed by atoms with Crippen molar-refractivity contribution in [1.29, 1.82) is 0 Å². The number of H-pyrrole nitrogens is 1.